The maximum Gasteiger partial charge on any atom is 0.157 e. The van der Waals surface area contributed by atoms with Gasteiger partial charge in [-0.2, -0.15) is 0 Å². The van der Waals surface area contributed by atoms with Crippen LogP contribution in [-0.4, -0.2) is 31.6 Å². The Morgan fingerprint density at radius 3 is 2.79 bits per heavy atom. The highest BCUT2D eigenvalue weighted by Crippen LogP contribution is 2.26. The van der Waals surface area contributed by atoms with Crippen LogP contribution in [0.5, 0.6) is 5.75 Å². The maximum absolute atomic E-state index is 12.4. The van der Waals surface area contributed by atoms with Crippen molar-refractivity contribution in [2.75, 3.05) is 20.3 Å². The van der Waals surface area contributed by atoms with E-state index < -0.39 is 5.54 Å². The quantitative estimate of drug-likeness (QED) is 0.918. The van der Waals surface area contributed by atoms with Gasteiger partial charge in [0.1, 0.15) is 5.75 Å². The molecule has 0 radical (unpaired) electrons. The number of hydrogen-bond donors (Lipinski definition) is 1. The Balaban J connectivity index is 2.16. The Labute approximate surface area is 117 Å². The molecule has 0 spiro atoms. The van der Waals surface area contributed by atoms with Crippen LogP contribution >= 0.6 is 11.6 Å². The summed E-state index contributed by atoms with van der Waals surface area (Å²) in [7, 11) is 1.57. The first-order chi connectivity index (χ1) is 9.05. The summed E-state index contributed by atoms with van der Waals surface area (Å²) in [5.41, 5.74) is 6.16. The van der Waals surface area contributed by atoms with Gasteiger partial charge in [-0.25, -0.2) is 0 Å². The molecule has 1 fully saturated rings. The van der Waals surface area contributed by atoms with Crippen LogP contribution in [-0.2, 0) is 16.0 Å². The summed E-state index contributed by atoms with van der Waals surface area (Å²) in [6, 6.07) is 5.25. The second kappa shape index (κ2) is 5.90. The molecule has 1 aromatic rings. The lowest BCUT2D eigenvalue weighted by atomic mass is 9.84. The lowest BCUT2D eigenvalue weighted by Crippen LogP contribution is -2.52. The van der Waals surface area contributed by atoms with E-state index in [1.807, 2.05) is 0 Å². The van der Waals surface area contributed by atoms with E-state index in [1.165, 1.54) is 0 Å². The third kappa shape index (κ3) is 3.26. The minimum atomic E-state index is -0.786. The first kappa shape index (κ1) is 14.3. The predicted molar refractivity (Wildman–Crippen MR) is 73.7 cm³/mol. The minimum absolute atomic E-state index is 0.0105. The van der Waals surface area contributed by atoms with E-state index in [0.29, 0.717) is 36.8 Å². The highest BCUT2D eigenvalue weighted by Gasteiger charge is 2.35. The molecule has 2 rings (SSSR count). The molecule has 5 heteroatoms. The van der Waals surface area contributed by atoms with Crippen LogP contribution in [0.25, 0.3) is 0 Å². The number of halogens is 1. The van der Waals surface area contributed by atoms with Crippen molar-refractivity contribution in [3.8, 4) is 5.75 Å². The van der Waals surface area contributed by atoms with Gasteiger partial charge in [0.15, 0.2) is 5.78 Å². The van der Waals surface area contributed by atoms with Gasteiger partial charge in [-0.3, -0.25) is 4.79 Å². The topological polar surface area (TPSA) is 61.5 Å². The number of Topliss-reactive ketones (excluding diaryl/α,β-unsaturated/α-hetero) is 1. The molecule has 104 valence electrons. The number of carbonyl (C=O) groups is 1. The fourth-order valence-electron chi connectivity index (χ4n) is 2.25. The van der Waals surface area contributed by atoms with E-state index in [2.05, 4.69) is 0 Å². The zero-order valence-corrected chi connectivity index (χ0v) is 11.7. The molecule has 1 aromatic carbocycles. The van der Waals surface area contributed by atoms with Gasteiger partial charge in [0.05, 0.1) is 12.6 Å². The van der Waals surface area contributed by atoms with Gasteiger partial charge in [-0.05, 0) is 31.0 Å². The number of benzene rings is 1. The van der Waals surface area contributed by atoms with E-state index in [1.54, 1.807) is 25.3 Å². The van der Waals surface area contributed by atoms with Crippen LogP contribution in [0.3, 0.4) is 0 Å². The maximum atomic E-state index is 12.4. The standard InChI is InChI=1S/C14H18ClNO3/c1-18-12-3-2-11(15)8-10(12)9-13(17)14(16)4-6-19-7-5-14/h2-3,8H,4-7,9,16H2,1H3. The Morgan fingerprint density at radius 1 is 1.47 bits per heavy atom. The molecular weight excluding hydrogens is 266 g/mol. The molecule has 1 heterocycles. The van der Waals surface area contributed by atoms with E-state index in [4.69, 9.17) is 26.8 Å². The molecule has 1 saturated heterocycles. The summed E-state index contributed by atoms with van der Waals surface area (Å²) in [6.45, 7) is 1.07. The third-order valence-corrected chi connectivity index (χ3v) is 3.77. The van der Waals surface area contributed by atoms with Gasteiger partial charge in [-0.15, -0.1) is 0 Å². The summed E-state index contributed by atoms with van der Waals surface area (Å²) in [5.74, 6) is 0.671. The zero-order chi connectivity index (χ0) is 13.9. The van der Waals surface area contributed by atoms with Gasteiger partial charge in [0, 0.05) is 30.2 Å². The number of ether oxygens (including phenoxy) is 2. The second-order valence-electron chi connectivity index (χ2n) is 4.82. The molecule has 0 bridgehead atoms. The predicted octanol–water partition coefficient (Wildman–Crippen LogP) is 1.97. The molecule has 19 heavy (non-hydrogen) atoms. The summed E-state index contributed by atoms with van der Waals surface area (Å²) in [5, 5.41) is 0.585. The SMILES string of the molecule is COc1ccc(Cl)cc1CC(=O)C1(N)CCOCC1. The molecule has 0 amide bonds. The molecule has 0 aliphatic carbocycles. The van der Waals surface area contributed by atoms with Gasteiger partial charge in [-0.1, -0.05) is 11.6 Å². The van der Waals surface area contributed by atoms with Gasteiger partial charge in [0.2, 0.25) is 0 Å². The zero-order valence-electron chi connectivity index (χ0n) is 10.9. The van der Waals surface area contributed by atoms with Crippen molar-refractivity contribution >= 4 is 17.4 Å². The van der Waals surface area contributed by atoms with E-state index in [0.717, 1.165) is 5.56 Å². The highest BCUT2D eigenvalue weighted by molar-refractivity contribution is 6.30. The monoisotopic (exact) mass is 283 g/mol. The van der Waals surface area contributed by atoms with Crippen LogP contribution in [0.1, 0.15) is 18.4 Å². The van der Waals surface area contributed by atoms with Crippen molar-refractivity contribution in [3.05, 3.63) is 28.8 Å². The molecule has 0 atom stereocenters. The first-order valence-corrected chi connectivity index (χ1v) is 6.65. The Hall–Kier alpha value is -1.10. The molecule has 4 nitrogen and oxygen atoms in total. The molecular formula is C14H18ClNO3. The average molecular weight is 284 g/mol. The molecule has 1 aliphatic heterocycles. The van der Waals surface area contributed by atoms with Crippen molar-refractivity contribution < 1.29 is 14.3 Å². The minimum Gasteiger partial charge on any atom is -0.496 e. The normalized spacial score (nSPS) is 18.1. The van der Waals surface area contributed by atoms with Crippen molar-refractivity contribution in [2.24, 2.45) is 5.73 Å². The molecule has 0 saturated carbocycles. The van der Waals surface area contributed by atoms with Crippen molar-refractivity contribution in [1.29, 1.82) is 0 Å². The summed E-state index contributed by atoms with van der Waals surface area (Å²) >= 11 is 5.96. The Kier molecular flexibility index (Phi) is 4.45. The number of carbonyl (C=O) groups excluding carboxylic acids is 1. The number of hydrogen-bond acceptors (Lipinski definition) is 4. The summed E-state index contributed by atoms with van der Waals surface area (Å²) < 4.78 is 10.5. The highest BCUT2D eigenvalue weighted by atomic mass is 35.5. The van der Waals surface area contributed by atoms with E-state index in [-0.39, 0.29) is 12.2 Å². The smallest absolute Gasteiger partial charge is 0.157 e. The van der Waals surface area contributed by atoms with Crippen LogP contribution in [0.2, 0.25) is 5.02 Å². The van der Waals surface area contributed by atoms with Crippen LogP contribution < -0.4 is 10.5 Å². The number of rotatable bonds is 4. The van der Waals surface area contributed by atoms with Gasteiger partial charge >= 0.3 is 0 Å². The fourth-order valence-corrected chi connectivity index (χ4v) is 2.44. The summed E-state index contributed by atoms with van der Waals surface area (Å²) in [6.07, 6.45) is 1.36. The fraction of sp³-hybridized carbons (Fsp3) is 0.500. The van der Waals surface area contributed by atoms with Crippen LogP contribution in [0, 0.1) is 0 Å². The Morgan fingerprint density at radius 2 is 2.16 bits per heavy atom. The van der Waals surface area contributed by atoms with Crippen LogP contribution in [0.4, 0.5) is 0 Å². The molecule has 0 unspecified atom stereocenters. The van der Waals surface area contributed by atoms with E-state index >= 15 is 0 Å². The molecule has 1 aliphatic rings. The number of nitrogens with two attached hydrogens (primary N) is 1. The van der Waals surface area contributed by atoms with Gasteiger partial charge < -0.3 is 15.2 Å². The van der Waals surface area contributed by atoms with Gasteiger partial charge in [0.25, 0.3) is 0 Å². The average Bonchev–Trinajstić information content (AvgIpc) is 2.40. The molecule has 0 aromatic heterocycles. The Bertz CT molecular complexity index is 470. The largest absolute Gasteiger partial charge is 0.496 e. The van der Waals surface area contributed by atoms with Crippen LogP contribution in [0.15, 0.2) is 18.2 Å². The summed E-state index contributed by atoms with van der Waals surface area (Å²) in [4.78, 5) is 12.4. The van der Waals surface area contributed by atoms with Crippen molar-refractivity contribution in [1.82, 2.24) is 0 Å². The first-order valence-electron chi connectivity index (χ1n) is 6.27. The van der Waals surface area contributed by atoms with Crippen molar-refractivity contribution in [3.63, 3.8) is 0 Å². The van der Waals surface area contributed by atoms with E-state index in [9.17, 15) is 4.79 Å². The lowest BCUT2D eigenvalue weighted by Gasteiger charge is -2.32. The lowest BCUT2D eigenvalue weighted by molar-refractivity contribution is -0.126. The second-order valence-corrected chi connectivity index (χ2v) is 5.26. The number of ketones is 1. The third-order valence-electron chi connectivity index (χ3n) is 3.53. The van der Waals surface area contributed by atoms with Crippen molar-refractivity contribution in [2.45, 2.75) is 24.8 Å². The number of methoxy groups -OCH3 is 1. The molecule has 2 N–H and O–H groups in total.